The second-order valence-electron chi connectivity index (χ2n) is 3.44. The van der Waals surface area contributed by atoms with Crippen LogP contribution in [-0.4, -0.2) is 7.85 Å². The minimum atomic E-state index is 0.848. The maximum atomic E-state index is 5.91. The van der Waals surface area contributed by atoms with Crippen molar-refractivity contribution in [3.05, 3.63) is 41.0 Å². The molecular weight excluding hydrogens is 167 g/mol. The van der Waals surface area contributed by atoms with Crippen LogP contribution in [0.5, 0.6) is 0 Å². The van der Waals surface area contributed by atoms with Gasteiger partial charge >= 0.3 is 0 Å². The summed E-state index contributed by atoms with van der Waals surface area (Å²) in [6.07, 6.45) is 5.99. The average molecular weight is 182 g/mol. The summed E-state index contributed by atoms with van der Waals surface area (Å²) in [7, 11) is 5.91. The molecule has 0 unspecified atom stereocenters. The highest BCUT2D eigenvalue weighted by Crippen LogP contribution is 2.19. The van der Waals surface area contributed by atoms with Gasteiger partial charge in [0.15, 0.2) is 0 Å². The van der Waals surface area contributed by atoms with Crippen LogP contribution >= 0.6 is 0 Å². The predicted molar refractivity (Wildman–Crippen MR) is 66.1 cm³/mol. The van der Waals surface area contributed by atoms with Crippen LogP contribution in [0.4, 0.5) is 0 Å². The molecule has 0 aliphatic rings. The van der Waals surface area contributed by atoms with E-state index in [4.69, 9.17) is 7.85 Å². The van der Waals surface area contributed by atoms with E-state index in [9.17, 15) is 0 Å². The monoisotopic (exact) mass is 182 g/mol. The first kappa shape index (κ1) is 10.8. The molecule has 0 atom stereocenters. The van der Waals surface area contributed by atoms with Crippen molar-refractivity contribution in [1.29, 1.82) is 0 Å². The van der Waals surface area contributed by atoms with E-state index in [1.807, 2.05) is 32.1 Å². The van der Waals surface area contributed by atoms with Crippen LogP contribution in [0.25, 0.3) is 12.2 Å². The summed E-state index contributed by atoms with van der Waals surface area (Å²) in [6.45, 7) is 9.93. The van der Waals surface area contributed by atoms with Gasteiger partial charge in [-0.05, 0) is 37.5 Å². The van der Waals surface area contributed by atoms with Crippen LogP contribution in [0.15, 0.2) is 18.7 Å². The van der Waals surface area contributed by atoms with Gasteiger partial charge in [0.1, 0.15) is 7.85 Å². The highest BCUT2D eigenvalue weighted by atomic mass is 14.1. The third-order valence-corrected chi connectivity index (χ3v) is 2.46. The van der Waals surface area contributed by atoms with E-state index in [0.29, 0.717) is 0 Å². The van der Waals surface area contributed by atoms with E-state index < -0.39 is 0 Å². The maximum absolute atomic E-state index is 5.91. The summed E-state index contributed by atoms with van der Waals surface area (Å²) < 4.78 is 0. The Morgan fingerprint density at radius 1 is 1.29 bits per heavy atom. The summed E-state index contributed by atoms with van der Waals surface area (Å²) in [5.41, 5.74) is 5.51. The Hall–Kier alpha value is -1.24. The Balaban J connectivity index is 3.55. The molecule has 0 saturated heterocycles. The number of benzene rings is 1. The fraction of sp³-hybridized carbons (Fsp3) is 0.231. The van der Waals surface area contributed by atoms with Gasteiger partial charge in [-0.3, -0.25) is 0 Å². The third kappa shape index (κ3) is 1.82. The number of aryl methyl sites for hydroxylation is 1. The zero-order chi connectivity index (χ0) is 10.7. The van der Waals surface area contributed by atoms with Gasteiger partial charge in [0.25, 0.3) is 0 Å². The van der Waals surface area contributed by atoms with Crippen LogP contribution in [0.1, 0.15) is 29.2 Å². The van der Waals surface area contributed by atoms with Gasteiger partial charge in [-0.1, -0.05) is 41.9 Å². The smallest absolute Gasteiger partial charge is 0.0984 e. The molecule has 0 aromatic heterocycles. The lowest BCUT2D eigenvalue weighted by Gasteiger charge is -2.12. The first-order valence-corrected chi connectivity index (χ1v) is 4.76. The number of allylic oxidation sites excluding steroid dienone is 1. The molecule has 0 aliphatic heterocycles. The molecule has 0 amide bonds. The zero-order valence-electron chi connectivity index (χ0n) is 9.09. The molecule has 0 heterocycles. The maximum Gasteiger partial charge on any atom is 0.114 e. The van der Waals surface area contributed by atoms with Gasteiger partial charge in [-0.15, -0.1) is 0 Å². The Morgan fingerprint density at radius 2 is 1.93 bits per heavy atom. The molecule has 14 heavy (non-hydrogen) atoms. The second-order valence-corrected chi connectivity index (χ2v) is 3.44. The predicted octanol–water partition coefficient (Wildman–Crippen LogP) is 2.77. The molecule has 1 heteroatoms. The molecule has 2 radical (unpaired) electrons. The molecule has 0 nitrogen and oxygen atoms in total. The molecule has 0 spiro atoms. The first-order valence-electron chi connectivity index (χ1n) is 4.76. The minimum absolute atomic E-state index is 0.848. The van der Waals surface area contributed by atoms with Gasteiger partial charge in [-0.2, -0.15) is 0 Å². The normalized spacial score (nSPS) is 10.8. The first-order chi connectivity index (χ1) is 6.61. The van der Waals surface area contributed by atoms with Gasteiger partial charge < -0.3 is 0 Å². The van der Waals surface area contributed by atoms with Crippen molar-refractivity contribution in [1.82, 2.24) is 0 Å². The lowest BCUT2D eigenvalue weighted by molar-refractivity contribution is 1.38. The fourth-order valence-electron chi connectivity index (χ4n) is 1.64. The highest BCUT2D eigenvalue weighted by Gasteiger charge is 2.05. The van der Waals surface area contributed by atoms with E-state index in [0.717, 1.165) is 11.0 Å². The van der Waals surface area contributed by atoms with Crippen LogP contribution in [-0.2, 0) is 0 Å². The molecule has 0 N–H and O–H groups in total. The Kier molecular flexibility index (Phi) is 3.35. The second kappa shape index (κ2) is 4.32. The molecule has 0 bridgehead atoms. The number of hydrogen-bond donors (Lipinski definition) is 0. The quantitative estimate of drug-likeness (QED) is 0.617. The molecule has 0 fully saturated rings. The lowest BCUT2D eigenvalue weighted by atomic mass is 9.83. The molecule has 1 aromatic carbocycles. The summed E-state index contributed by atoms with van der Waals surface area (Å²) >= 11 is 0. The third-order valence-electron chi connectivity index (χ3n) is 2.46. The van der Waals surface area contributed by atoms with E-state index in [1.54, 1.807) is 0 Å². The average Bonchev–Trinajstić information content (AvgIpc) is 2.14. The van der Waals surface area contributed by atoms with Crippen molar-refractivity contribution in [3.8, 4) is 0 Å². The van der Waals surface area contributed by atoms with Gasteiger partial charge in [0.05, 0.1) is 0 Å². The highest BCUT2D eigenvalue weighted by molar-refractivity contribution is 6.33. The fourth-order valence-corrected chi connectivity index (χ4v) is 1.64. The van der Waals surface area contributed by atoms with Crippen molar-refractivity contribution < 1.29 is 0 Å². The SMILES string of the molecule is [B]c1cc(C)c(C=C)c(/C=C\C)c1C. The summed E-state index contributed by atoms with van der Waals surface area (Å²) in [6, 6.07) is 2.00. The Labute approximate surface area is 87.8 Å². The van der Waals surface area contributed by atoms with Crippen LogP contribution in [0.3, 0.4) is 0 Å². The zero-order valence-corrected chi connectivity index (χ0v) is 9.09. The van der Waals surface area contributed by atoms with Crippen LogP contribution in [0, 0.1) is 13.8 Å². The molecule has 1 rings (SSSR count). The minimum Gasteiger partial charge on any atom is -0.0984 e. The van der Waals surface area contributed by atoms with Gasteiger partial charge in [0.2, 0.25) is 0 Å². The van der Waals surface area contributed by atoms with Crippen molar-refractivity contribution in [3.63, 3.8) is 0 Å². The van der Waals surface area contributed by atoms with E-state index in [-0.39, 0.29) is 0 Å². The lowest BCUT2D eigenvalue weighted by Crippen LogP contribution is -2.11. The summed E-state index contributed by atoms with van der Waals surface area (Å²) in [4.78, 5) is 0. The van der Waals surface area contributed by atoms with Crippen molar-refractivity contribution in [2.75, 3.05) is 0 Å². The Bertz CT molecular complexity index is 387. The van der Waals surface area contributed by atoms with Crippen LogP contribution < -0.4 is 5.46 Å². The van der Waals surface area contributed by atoms with E-state index in [2.05, 4.69) is 19.6 Å². The van der Waals surface area contributed by atoms with E-state index in [1.165, 1.54) is 16.7 Å². The summed E-state index contributed by atoms with van der Waals surface area (Å²) in [5.74, 6) is 0. The van der Waals surface area contributed by atoms with Crippen molar-refractivity contribution in [2.24, 2.45) is 0 Å². The van der Waals surface area contributed by atoms with E-state index >= 15 is 0 Å². The topological polar surface area (TPSA) is 0 Å². The van der Waals surface area contributed by atoms with Crippen molar-refractivity contribution in [2.45, 2.75) is 20.8 Å². The standard InChI is InChI=1S/C13H15B/c1-5-7-12-10(4)13(14)8-9(3)11(12)6-2/h5-8H,2H2,1,3-4H3/b7-5-. The Morgan fingerprint density at radius 3 is 2.43 bits per heavy atom. The molecule has 1 aromatic rings. The molecular formula is C13H15B. The van der Waals surface area contributed by atoms with Crippen molar-refractivity contribution >= 4 is 25.5 Å². The van der Waals surface area contributed by atoms with Gasteiger partial charge in [0, 0.05) is 0 Å². The number of hydrogen-bond acceptors (Lipinski definition) is 0. The number of rotatable bonds is 2. The molecule has 0 saturated carbocycles. The van der Waals surface area contributed by atoms with Crippen LogP contribution in [0.2, 0.25) is 0 Å². The van der Waals surface area contributed by atoms with Gasteiger partial charge in [-0.25, -0.2) is 0 Å². The summed E-state index contributed by atoms with van der Waals surface area (Å²) in [5, 5.41) is 0. The largest absolute Gasteiger partial charge is 0.114 e. The molecule has 70 valence electrons. The molecule has 0 aliphatic carbocycles.